The highest BCUT2D eigenvalue weighted by Crippen LogP contribution is 2.33. The number of benzene rings is 3. The normalized spacial score (nSPS) is 12.0. The number of amides is 1. The molecule has 0 aliphatic carbocycles. The van der Waals surface area contributed by atoms with Crippen LogP contribution < -0.4 is 10.1 Å². The summed E-state index contributed by atoms with van der Waals surface area (Å²) in [7, 11) is 0. The first-order valence-electron chi connectivity index (χ1n) is 8.89. The molecule has 148 valence electrons. The second-order valence-corrected chi connectivity index (χ2v) is 6.41. The molecule has 0 heterocycles. The molecule has 0 aromatic heterocycles. The standard InChI is InChI=1S/C23H18F3NO2/c1-3-5-15(2)27-22(28)17-8-13-20-16(14-17)6-4-7-21(20)29-19-11-9-18(10-12-19)23(24,25)26/h4,6-15H,1-2H3,(H,27,28). The molecule has 6 heteroatoms. The molecule has 0 saturated heterocycles. The number of ether oxygens (including phenoxy) is 1. The molecule has 29 heavy (non-hydrogen) atoms. The Labute approximate surface area is 166 Å². The SMILES string of the molecule is CC#CC(C)NC(=O)c1ccc2c(Oc3ccc(C(F)(F)F)cc3)cccc2c1. The van der Waals surface area contributed by atoms with Gasteiger partial charge in [0.25, 0.3) is 5.91 Å². The van der Waals surface area contributed by atoms with E-state index >= 15 is 0 Å². The van der Waals surface area contributed by atoms with Crippen molar-refractivity contribution in [3.63, 3.8) is 0 Å². The smallest absolute Gasteiger partial charge is 0.416 e. The average molecular weight is 397 g/mol. The Morgan fingerprint density at radius 1 is 1.07 bits per heavy atom. The van der Waals surface area contributed by atoms with Crippen molar-refractivity contribution in [1.82, 2.24) is 5.32 Å². The van der Waals surface area contributed by atoms with Gasteiger partial charge in [0.15, 0.2) is 0 Å². The summed E-state index contributed by atoms with van der Waals surface area (Å²) in [6.45, 7) is 3.50. The van der Waals surface area contributed by atoms with Crippen molar-refractivity contribution in [2.45, 2.75) is 26.1 Å². The van der Waals surface area contributed by atoms with E-state index in [0.717, 1.165) is 22.9 Å². The summed E-state index contributed by atoms with van der Waals surface area (Å²) < 4.78 is 43.9. The van der Waals surface area contributed by atoms with Crippen LogP contribution in [0.4, 0.5) is 13.2 Å². The van der Waals surface area contributed by atoms with Crippen LogP contribution in [-0.2, 0) is 6.18 Å². The van der Waals surface area contributed by atoms with Crippen LogP contribution in [0, 0.1) is 11.8 Å². The van der Waals surface area contributed by atoms with Crippen LogP contribution in [0.1, 0.15) is 29.8 Å². The maximum Gasteiger partial charge on any atom is 0.416 e. The van der Waals surface area contributed by atoms with Crippen molar-refractivity contribution < 1.29 is 22.7 Å². The number of fused-ring (bicyclic) bond motifs is 1. The lowest BCUT2D eigenvalue weighted by Crippen LogP contribution is -2.31. The van der Waals surface area contributed by atoms with Gasteiger partial charge in [-0.3, -0.25) is 4.79 Å². The van der Waals surface area contributed by atoms with E-state index in [9.17, 15) is 18.0 Å². The predicted octanol–water partition coefficient (Wildman–Crippen LogP) is 5.79. The molecule has 1 amide bonds. The van der Waals surface area contributed by atoms with Crippen LogP contribution in [-0.4, -0.2) is 11.9 Å². The second-order valence-electron chi connectivity index (χ2n) is 6.41. The van der Waals surface area contributed by atoms with Gasteiger partial charge in [0.05, 0.1) is 11.6 Å². The van der Waals surface area contributed by atoms with Crippen molar-refractivity contribution in [3.8, 4) is 23.3 Å². The fourth-order valence-electron chi connectivity index (χ4n) is 2.86. The fraction of sp³-hybridized carbons (Fsp3) is 0.174. The first kappa shape index (κ1) is 20.3. The molecular formula is C23H18F3NO2. The van der Waals surface area contributed by atoms with E-state index in [1.54, 1.807) is 44.2 Å². The highest BCUT2D eigenvalue weighted by Gasteiger charge is 2.30. The van der Waals surface area contributed by atoms with Gasteiger partial charge in [0, 0.05) is 10.9 Å². The number of hydrogen-bond donors (Lipinski definition) is 1. The van der Waals surface area contributed by atoms with E-state index in [2.05, 4.69) is 17.2 Å². The van der Waals surface area contributed by atoms with Gasteiger partial charge in [-0.25, -0.2) is 0 Å². The molecule has 0 fully saturated rings. The van der Waals surface area contributed by atoms with Crippen LogP contribution in [0.5, 0.6) is 11.5 Å². The Morgan fingerprint density at radius 2 is 1.79 bits per heavy atom. The zero-order valence-electron chi connectivity index (χ0n) is 15.8. The van der Waals surface area contributed by atoms with Gasteiger partial charge in [0.2, 0.25) is 0 Å². The molecule has 1 unspecified atom stereocenters. The van der Waals surface area contributed by atoms with Gasteiger partial charge in [0.1, 0.15) is 11.5 Å². The zero-order chi connectivity index (χ0) is 21.0. The Morgan fingerprint density at radius 3 is 2.45 bits per heavy atom. The van der Waals surface area contributed by atoms with E-state index in [1.807, 2.05) is 6.07 Å². The molecule has 0 aliphatic rings. The number of halogens is 3. The lowest BCUT2D eigenvalue weighted by atomic mass is 10.1. The quantitative estimate of drug-likeness (QED) is 0.566. The second kappa shape index (κ2) is 8.27. The predicted molar refractivity (Wildman–Crippen MR) is 106 cm³/mol. The Kier molecular flexibility index (Phi) is 5.79. The number of nitrogens with one attached hydrogen (secondary N) is 1. The number of rotatable bonds is 4. The third kappa shape index (κ3) is 4.88. The average Bonchev–Trinajstić information content (AvgIpc) is 2.67. The van der Waals surface area contributed by atoms with Crippen LogP contribution in [0.2, 0.25) is 0 Å². The zero-order valence-corrected chi connectivity index (χ0v) is 15.8. The Bertz CT molecular complexity index is 1090. The van der Waals surface area contributed by atoms with Crippen molar-refractivity contribution >= 4 is 16.7 Å². The summed E-state index contributed by atoms with van der Waals surface area (Å²) in [6.07, 6.45) is -4.39. The summed E-state index contributed by atoms with van der Waals surface area (Å²) in [4.78, 5) is 12.4. The van der Waals surface area contributed by atoms with Gasteiger partial charge in [-0.15, -0.1) is 5.92 Å². The first-order valence-corrected chi connectivity index (χ1v) is 8.89. The third-order valence-electron chi connectivity index (χ3n) is 4.22. The van der Waals surface area contributed by atoms with Crippen LogP contribution in [0.15, 0.2) is 60.7 Å². The van der Waals surface area contributed by atoms with Gasteiger partial charge in [-0.2, -0.15) is 13.2 Å². The molecule has 0 spiro atoms. The molecule has 0 bridgehead atoms. The van der Waals surface area contributed by atoms with E-state index < -0.39 is 11.7 Å². The van der Waals surface area contributed by atoms with E-state index in [-0.39, 0.29) is 11.9 Å². The van der Waals surface area contributed by atoms with E-state index in [0.29, 0.717) is 17.1 Å². The Hall–Kier alpha value is -3.46. The fourth-order valence-corrected chi connectivity index (χ4v) is 2.86. The van der Waals surface area contributed by atoms with E-state index in [4.69, 9.17) is 4.74 Å². The summed E-state index contributed by atoms with van der Waals surface area (Å²) >= 11 is 0. The molecule has 0 radical (unpaired) electrons. The van der Waals surface area contributed by atoms with Crippen molar-refractivity contribution in [1.29, 1.82) is 0 Å². The van der Waals surface area contributed by atoms with Crippen molar-refractivity contribution in [2.75, 3.05) is 0 Å². The maximum atomic E-state index is 12.7. The molecule has 3 nitrogen and oxygen atoms in total. The molecular weight excluding hydrogens is 379 g/mol. The molecule has 0 aliphatic heterocycles. The van der Waals surface area contributed by atoms with Crippen molar-refractivity contribution in [3.05, 3.63) is 71.8 Å². The first-order chi connectivity index (χ1) is 13.8. The number of carbonyl (C=O) groups is 1. The highest BCUT2D eigenvalue weighted by molar-refractivity contribution is 6.00. The minimum Gasteiger partial charge on any atom is -0.457 e. The van der Waals surface area contributed by atoms with Crippen LogP contribution in [0.25, 0.3) is 10.8 Å². The van der Waals surface area contributed by atoms with E-state index in [1.165, 1.54) is 12.1 Å². The lowest BCUT2D eigenvalue weighted by molar-refractivity contribution is -0.137. The summed E-state index contributed by atoms with van der Waals surface area (Å²) in [5.41, 5.74) is -0.255. The minimum absolute atomic E-state index is 0.240. The highest BCUT2D eigenvalue weighted by atomic mass is 19.4. The molecule has 1 N–H and O–H groups in total. The van der Waals surface area contributed by atoms with Gasteiger partial charge in [-0.1, -0.05) is 18.1 Å². The number of alkyl halides is 3. The van der Waals surface area contributed by atoms with Crippen molar-refractivity contribution in [2.24, 2.45) is 0 Å². The summed E-state index contributed by atoms with van der Waals surface area (Å²) in [6, 6.07) is 14.7. The number of hydrogen-bond acceptors (Lipinski definition) is 2. The molecule has 1 atom stereocenters. The maximum absolute atomic E-state index is 12.7. The molecule has 3 rings (SSSR count). The minimum atomic E-state index is -4.39. The summed E-state index contributed by atoms with van der Waals surface area (Å²) in [5, 5.41) is 4.31. The monoisotopic (exact) mass is 397 g/mol. The lowest BCUT2D eigenvalue weighted by Gasteiger charge is -2.12. The van der Waals surface area contributed by atoms with Crippen LogP contribution >= 0.6 is 0 Å². The number of carbonyl (C=O) groups excluding carboxylic acids is 1. The Balaban J connectivity index is 1.85. The molecule has 3 aromatic rings. The third-order valence-corrected chi connectivity index (χ3v) is 4.22. The van der Waals surface area contributed by atoms with Gasteiger partial charge in [-0.05, 0) is 67.8 Å². The summed E-state index contributed by atoms with van der Waals surface area (Å²) in [5.74, 6) is 6.15. The van der Waals surface area contributed by atoms with Gasteiger partial charge < -0.3 is 10.1 Å². The molecule has 0 saturated carbocycles. The molecule has 3 aromatic carbocycles. The topological polar surface area (TPSA) is 38.3 Å². The largest absolute Gasteiger partial charge is 0.457 e. The van der Waals surface area contributed by atoms with Gasteiger partial charge >= 0.3 is 6.18 Å². The van der Waals surface area contributed by atoms with Crippen LogP contribution in [0.3, 0.4) is 0 Å².